The molecule has 0 saturated heterocycles. The standard InChI is InChI=1S/C12H30N2O4Si/c1-15-10-6-12-19(16-2,17-3)18-11-5-4-8-14-9-7-13/h14H,4-13H2,1-3H3. The molecule has 116 valence electrons. The van der Waals surface area contributed by atoms with Crippen molar-refractivity contribution in [3.05, 3.63) is 0 Å². The number of hydrogen-bond acceptors (Lipinski definition) is 6. The van der Waals surface area contributed by atoms with E-state index in [2.05, 4.69) is 5.32 Å². The summed E-state index contributed by atoms with van der Waals surface area (Å²) in [5, 5.41) is 3.25. The van der Waals surface area contributed by atoms with E-state index in [9.17, 15) is 0 Å². The summed E-state index contributed by atoms with van der Waals surface area (Å²) < 4.78 is 21.9. The van der Waals surface area contributed by atoms with Crippen LogP contribution in [0.3, 0.4) is 0 Å². The molecule has 6 nitrogen and oxygen atoms in total. The first-order valence-electron chi connectivity index (χ1n) is 6.88. The van der Waals surface area contributed by atoms with Crippen LogP contribution >= 0.6 is 0 Å². The second-order valence-electron chi connectivity index (χ2n) is 4.28. The van der Waals surface area contributed by atoms with Crippen LogP contribution < -0.4 is 11.1 Å². The van der Waals surface area contributed by atoms with Crippen molar-refractivity contribution >= 4 is 8.80 Å². The Labute approximate surface area is 118 Å². The fourth-order valence-corrected chi connectivity index (χ4v) is 3.70. The quantitative estimate of drug-likeness (QED) is 0.361. The molecule has 0 aliphatic rings. The third-order valence-electron chi connectivity index (χ3n) is 2.84. The van der Waals surface area contributed by atoms with Gasteiger partial charge in [0.15, 0.2) is 0 Å². The number of nitrogens with two attached hydrogens (primary N) is 1. The molecule has 0 aromatic heterocycles. The zero-order chi connectivity index (χ0) is 14.4. The highest BCUT2D eigenvalue weighted by Gasteiger charge is 2.38. The van der Waals surface area contributed by atoms with Crippen LogP contribution in [0, 0.1) is 0 Å². The SMILES string of the molecule is COCCC[Si](OC)(OC)OCCCCNCCN. The number of methoxy groups -OCH3 is 1. The molecule has 0 bridgehead atoms. The van der Waals surface area contributed by atoms with Gasteiger partial charge < -0.3 is 29.1 Å². The van der Waals surface area contributed by atoms with Crippen molar-refractivity contribution in [2.75, 3.05) is 54.2 Å². The van der Waals surface area contributed by atoms with Crippen molar-refractivity contribution in [2.45, 2.75) is 25.3 Å². The van der Waals surface area contributed by atoms with Gasteiger partial charge in [-0.3, -0.25) is 0 Å². The molecule has 0 amide bonds. The van der Waals surface area contributed by atoms with Crippen LogP contribution in [0.25, 0.3) is 0 Å². The van der Waals surface area contributed by atoms with E-state index in [-0.39, 0.29) is 0 Å². The Morgan fingerprint density at radius 3 is 2.26 bits per heavy atom. The summed E-state index contributed by atoms with van der Waals surface area (Å²) in [5.74, 6) is 0. The van der Waals surface area contributed by atoms with Gasteiger partial charge in [-0.15, -0.1) is 0 Å². The second kappa shape index (κ2) is 13.0. The summed E-state index contributed by atoms with van der Waals surface area (Å²) in [5.41, 5.74) is 5.40. The lowest BCUT2D eigenvalue weighted by atomic mass is 10.3. The topological polar surface area (TPSA) is 75.0 Å². The smallest absolute Gasteiger partial charge is 0.385 e. The number of rotatable bonds is 14. The normalized spacial score (nSPS) is 12.0. The van der Waals surface area contributed by atoms with Gasteiger partial charge in [0.2, 0.25) is 0 Å². The Morgan fingerprint density at radius 1 is 0.947 bits per heavy atom. The van der Waals surface area contributed by atoms with Crippen molar-refractivity contribution < 1.29 is 18.0 Å². The first-order valence-corrected chi connectivity index (χ1v) is 8.82. The second-order valence-corrected chi connectivity index (χ2v) is 7.25. The Hall–Kier alpha value is -0.0231. The lowest BCUT2D eigenvalue weighted by molar-refractivity contribution is 0.0924. The fourth-order valence-electron chi connectivity index (χ4n) is 1.72. The lowest BCUT2D eigenvalue weighted by Gasteiger charge is -2.26. The van der Waals surface area contributed by atoms with Gasteiger partial charge in [-0.1, -0.05) is 0 Å². The molecule has 0 saturated carbocycles. The molecular weight excluding hydrogens is 264 g/mol. The Bertz CT molecular complexity index is 195. The first kappa shape index (κ1) is 19.0. The molecule has 0 aromatic rings. The Kier molecular flexibility index (Phi) is 13.0. The zero-order valence-electron chi connectivity index (χ0n) is 12.6. The average Bonchev–Trinajstić information content (AvgIpc) is 2.45. The van der Waals surface area contributed by atoms with E-state index in [1.807, 2.05) is 0 Å². The molecule has 0 spiro atoms. The van der Waals surface area contributed by atoms with Gasteiger partial charge in [0.1, 0.15) is 0 Å². The molecule has 19 heavy (non-hydrogen) atoms. The van der Waals surface area contributed by atoms with Gasteiger partial charge in [0, 0.05) is 53.7 Å². The summed E-state index contributed by atoms with van der Waals surface area (Å²) >= 11 is 0. The number of nitrogens with one attached hydrogen (secondary N) is 1. The van der Waals surface area contributed by atoms with Crippen LogP contribution in [-0.4, -0.2) is 63.0 Å². The predicted molar refractivity (Wildman–Crippen MR) is 78.2 cm³/mol. The fraction of sp³-hybridized carbons (Fsp3) is 1.00. The van der Waals surface area contributed by atoms with E-state index in [4.69, 9.17) is 23.7 Å². The summed E-state index contributed by atoms with van der Waals surface area (Å²) in [6.07, 6.45) is 2.95. The minimum Gasteiger partial charge on any atom is -0.385 e. The van der Waals surface area contributed by atoms with Crippen LogP contribution in [0.15, 0.2) is 0 Å². The third-order valence-corrected chi connectivity index (χ3v) is 5.70. The van der Waals surface area contributed by atoms with Gasteiger partial charge in [0.25, 0.3) is 0 Å². The van der Waals surface area contributed by atoms with Crippen molar-refractivity contribution in [3.63, 3.8) is 0 Å². The molecule has 0 atom stereocenters. The van der Waals surface area contributed by atoms with E-state index in [1.165, 1.54) is 0 Å². The maximum Gasteiger partial charge on any atom is 0.500 e. The van der Waals surface area contributed by atoms with Crippen LogP contribution in [0.2, 0.25) is 6.04 Å². The minimum atomic E-state index is -2.48. The molecule has 0 aromatic carbocycles. The first-order chi connectivity index (χ1) is 9.24. The Balaban J connectivity index is 3.74. The highest BCUT2D eigenvalue weighted by atomic mass is 28.4. The molecule has 0 fully saturated rings. The molecule has 0 unspecified atom stereocenters. The van der Waals surface area contributed by atoms with E-state index in [1.54, 1.807) is 21.3 Å². The highest BCUT2D eigenvalue weighted by molar-refractivity contribution is 6.60. The van der Waals surface area contributed by atoms with E-state index >= 15 is 0 Å². The molecule has 0 aliphatic heterocycles. The number of ether oxygens (including phenoxy) is 1. The minimum absolute atomic E-state index is 0.672. The maximum atomic E-state index is 5.87. The third kappa shape index (κ3) is 9.50. The van der Waals surface area contributed by atoms with Gasteiger partial charge in [-0.25, -0.2) is 0 Å². The van der Waals surface area contributed by atoms with Gasteiger partial charge in [-0.05, 0) is 25.8 Å². The average molecular weight is 294 g/mol. The van der Waals surface area contributed by atoms with Crippen LogP contribution in [0.5, 0.6) is 0 Å². The van der Waals surface area contributed by atoms with Crippen molar-refractivity contribution in [2.24, 2.45) is 5.73 Å². The number of hydrogen-bond donors (Lipinski definition) is 2. The maximum absolute atomic E-state index is 5.87. The number of unbranched alkanes of at least 4 members (excludes halogenated alkanes) is 1. The van der Waals surface area contributed by atoms with Crippen molar-refractivity contribution in [1.82, 2.24) is 5.32 Å². The summed E-state index contributed by atoms with van der Waals surface area (Å²) in [7, 11) is 2.53. The van der Waals surface area contributed by atoms with E-state index < -0.39 is 8.80 Å². The predicted octanol–water partition coefficient (Wildman–Crippen LogP) is 0.600. The van der Waals surface area contributed by atoms with Crippen molar-refractivity contribution in [1.29, 1.82) is 0 Å². The van der Waals surface area contributed by atoms with Crippen molar-refractivity contribution in [3.8, 4) is 0 Å². The van der Waals surface area contributed by atoms with Crippen LogP contribution in [-0.2, 0) is 18.0 Å². The molecule has 0 rings (SSSR count). The van der Waals surface area contributed by atoms with Crippen LogP contribution in [0.4, 0.5) is 0 Å². The molecular formula is C12H30N2O4Si. The monoisotopic (exact) mass is 294 g/mol. The lowest BCUT2D eigenvalue weighted by Crippen LogP contribution is -2.44. The highest BCUT2D eigenvalue weighted by Crippen LogP contribution is 2.16. The summed E-state index contributed by atoms with van der Waals surface area (Å²) in [6, 6.07) is 0.791. The molecule has 0 heterocycles. The largest absolute Gasteiger partial charge is 0.500 e. The van der Waals surface area contributed by atoms with Gasteiger partial charge >= 0.3 is 8.80 Å². The van der Waals surface area contributed by atoms with Crippen LogP contribution in [0.1, 0.15) is 19.3 Å². The zero-order valence-corrected chi connectivity index (χ0v) is 13.6. The molecule has 0 aliphatic carbocycles. The van der Waals surface area contributed by atoms with E-state index in [0.717, 1.165) is 38.4 Å². The summed E-state index contributed by atoms with van der Waals surface area (Å²) in [4.78, 5) is 0. The molecule has 3 N–H and O–H groups in total. The van der Waals surface area contributed by atoms with Gasteiger partial charge in [-0.2, -0.15) is 0 Å². The summed E-state index contributed by atoms with van der Waals surface area (Å²) in [6.45, 7) is 3.89. The van der Waals surface area contributed by atoms with E-state index in [0.29, 0.717) is 19.8 Å². The molecule has 7 heteroatoms. The molecule has 0 radical (unpaired) electrons. The Morgan fingerprint density at radius 2 is 1.68 bits per heavy atom. The van der Waals surface area contributed by atoms with Gasteiger partial charge in [0.05, 0.1) is 0 Å².